The molecule has 0 aromatic heterocycles. The minimum Gasteiger partial charge on any atom is -0.389 e. The molecule has 2 rings (SSSR count). The molecule has 2 unspecified atom stereocenters. The summed E-state index contributed by atoms with van der Waals surface area (Å²) in [5, 5.41) is 15.1. The standard InChI is InChI=1S/C16H23FN2O3/c1-22-10-14(20)9-18-16(21)19-15(11-3-2-4-11)12-5-7-13(17)8-6-12/h5-8,11,14-15,20H,2-4,9-10H2,1H3,(H2,18,19,21). The number of amides is 2. The van der Waals surface area contributed by atoms with Crippen LogP contribution in [0.5, 0.6) is 0 Å². The predicted octanol–water partition coefficient (Wildman–Crippen LogP) is 1.97. The van der Waals surface area contributed by atoms with Crippen LogP contribution in [0, 0.1) is 11.7 Å². The largest absolute Gasteiger partial charge is 0.389 e. The van der Waals surface area contributed by atoms with E-state index in [4.69, 9.17) is 4.74 Å². The molecule has 6 heteroatoms. The van der Waals surface area contributed by atoms with Gasteiger partial charge in [-0.15, -0.1) is 0 Å². The highest BCUT2D eigenvalue weighted by Crippen LogP contribution is 2.37. The Labute approximate surface area is 129 Å². The molecule has 1 aromatic carbocycles. The van der Waals surface area contributed by atoms with Gasteiger partial charge in [-0.1, -0.05) is 18.6 Å². The first kappa shape index (κ1) is 16.7. The highest BCUT2D eigenvalue weighted by Gasteiger charge is 2.29. The van der Waals surface area contributed by atoms with Gasteiger partial charge in [0, 0.05) is 13.7 Å². The van der Waals surface area contributed by atoms with Crippen LogP contribution in [0.3, 0.4) is 0 Å². The van der Waals surface area contributed by atoms with Crippen LogP contribution in [0.15, 0.2) is 24.3 Å². The van der Waals surface area contributed by atoms with Crippen LogP contribution >= 0.6 is 0 Å². The number of carbonyl (C=O) groups is 1. The van der Waals surface area contributed by atoms with Crippen molar-refractivity contribution < 1.29 is 19.0 Å². The van der Waals surface area contributed by atoms with E-state index in [9.17, 15) is 14.3 Å². The van der Waals surface area contributed by atoms with Crippen LogP contribution in [0.2, 0.25) is 0 Å². The zero-order chi connectivity index (χ0) is 15.9. The van der Waals surface area contributed by atoms with Crippen molar-refractivity contribution in [2.45, 2.75) is 31.4 Å². The van der Waals surface area contributed by atoms with Crippen LogP contribution < -0.4 is 10.6 Å². The van der Waals surface area contributed by atoms with Gasteiger partial charge in [0.15, 0.2) is 0 Å². The van der Waals surface area contributed by atoms with Crippen LogP contribution in [-0.4, -0.2) is 37.5 Å². The first-order chi connectivity index (χ1) is 10.6. The number of aliphatic hydroxyl groups excluding tert-OH is 1. The highest BCUT2D eigenvalue weighted by molar-refractivity contribution is 5.74. The van der Waals surface area contributed by atoms with Crippen LogP contribution in [0.25, 0.3) is 0 Å². The number of rotatable bonds is 7. The molecule has 1 fully saturated rings. The molecule has 0 radical (unpaired) electrons. The third-order valence-electron chi connectivity index (χ3n) is 3.99. The van der Waals surface area contributed by atoms with Gasteiger partial charge in [-0.25, -0.2) is 9.18 Å². The lowest BCUT2D eigenvalue weighted by molar-refractivity contribution is 0.0657. The van der Waals surface area contributed by atoms with Gasteiger partial charge in [0.2, 0.25) is 0 Å². The predicted molar refractivity (Wildman–Crippen MR) is 80.9 cm³/mol. The zero-order valence-corrected chi connectivity index (χ0v) is 12.7. The van der Waals surface area contributed by atoms with Crippen molar-refractivity contribution in [3.05, 3.63) is 35.6 Å². The summed E-state index contributed by atoms with van der Waals surface area (Å²) >= 11 is 0. The normalized spacial score (nSPS) is 17.4. The van der Waals surface area contributed by atoms with Crippen molar-refractivity contribution in [2.24, 2.45) is 5.92 Å². The summed E-state index contributed by atoms with van der Waals surface area (Å²) in [4.78, 5) is 12.0. The van der Waals surface area contributed by atoms with E-state index in [1.165, 1.54) is 19.2 Å². The topological polar surface area (TPSA) is 70.6 Å². The molecule has 2 atom stereocenters. The summed E-state index contributed by atoms with van der Waals surface area (Å²) in [5.41, 5.74) is 0.902. The Kier molecular flexibility index (Phi) is 6.15. The van der Waals surface area contributed by atoms with Gasteiger partial charge in [0.25, 0.3) is 0 Å². The van der Waals surface area contributed by atoms with E-state index in [1.54, 1.807) is 12.1 Å². The van der Waals surface area contributed by atoms with E-state index >= 15 is 0 Å². The maximum Gasteiger partial charge on any atom is 0.315 e. The zero-order valence-electron chi connectivity index (χ0n) is 12.7. The summed E-state index contributed by atoms with van der Waals surface area (Å²) in [6, 6.07) is 5.76. The minimum absolute atomic E-state index is 0.125. The summed E-state index contributed by atoms with van der Waals surface area (Å²) in [6.45, 7) is 0.296. The minimum atomic E-state index is -0.733. The number of methoxy groups -OCH3 is 1. The summed E-state index contributed by atoms with van der Waals surface area (Å²) in [6.07, 6.45) is 2.52. The first-order valence-corrected chi connectivity index (χ1v) is 7.57. The molecule has 1 aliphatic carbocycles. The molecule has 1 saturated carbocycles. The van der Waals surface area contributed by atoms with Crippen molar-refractivity contribution in [1.82, 2.24) is 10.6 Å². The Balaban J connectivity index is 1.92. The molecule has 1 aromatic rings. The van der Waals surface area contributed by atoms with E-state index in [-0.39, 0.29) is 31.0 Å². The highest BCUT2D eigenvalue weighted by atomic mass is 19.1. The summed E-state index contributed by atoms with van der Waals surface area (Å²) in [5.74, 6) is 0.0864. The van der Waals surface area contributed by atoms with Crippen molar-refractivity contribution in [3.63, 3.8) is 0 Å². The summed E-state index contributed by atoms with van der Waals surface area (Å²) < 4.78 is 17.9. The van der Waals surface area contributed by atoms with Gasteiger partial charge in [-0.05, 0) is 36.5 Å². The van der Waals surface area contributed by atoms with Gasteiger partial charge in [0.1, 0.15) is 5.82 Å². The van der Waals surface area contributed by atoms with Crippen LogP contribution in [-0.2, 0) is 4.74 Å². The van der Waals surface area contributed by atoms with E-state index in [0.717, 1.165) is 24.8 Å². The molecule has 0 spiro atoms. The molecule has 0 heterocycles. The molecular weight excluding hydrogens is 287 g/mol. The number of hydrogen-bond donors (Lipinski definition) is 3. The smallest absolute Gasteiger partial charge is 0.315 e. The Hall–Kier alpha value is -1.66. The third-order valence-corrected chi connectivity index (χ3v) is 3.99. The molecule has 0 bridgehead atoms. The molecule has 5 nitrogen and oxygen atoms in total. The second kappa shape index (κ2) is 8.10. The Morgan fingerprint density at radius 2 is 2.09 bits per heavy atom. The monoisotopic (exact) mass is 310 g/mol. The van der Waals surface area contributed by atoms with Crippen molar-refractivity contribution >= 4 is 6.03 Å². The van der Waals surface area contributed by atoms with Crippen LogP contribution in [0.4, 0.5) is 9.18 Å². The maximum absolute atomic E-state index is 13.1. The van der Waals surface area contributed by atoms with Crippen LogP contribution in [0.1, 0.15) is 30.9 Å². The fourth-order valence-electron chi connectivity index (χ4n) is 2.57. The number of hydrogen-bond acceptors (Lipinski definition) is 3. The maximum atomic E-state index is 13.1. The number of halogens is 1. The van der Waals surface area contributed by atoms with Crippen molar-refractivity contribution in [1.29, 1.82) is 0 Å². The fraction of sp³-hybridized carbons (Fsp3) is 0.562. The van der Waals surface area contributed by atoms with Gasteiger partial charge in [-0.3, -0.25) is 0 Å². The van der Waals surface area contributed by atoms with Gasteiger partial charge < -0.3 is 20.5 Å². The lowest BCUT2D eigenvalue weighted by Gasteiger charge is -2.34. The average Bonchev–Trinajstić information content (AvgIpc) is 2.44. The molecule has 1 aliphatic rings. The Morgan fingerprint density at radius 1 is 1.41 bits per heavy atom. The van der Waals surface area contributed by atoms with E-state index in [0.29, 0.717) is 5.92 Å². The van der Waals surface area contributed by atoms with E-state index < -0.39 is 6.10 Å². The van der Waals surface area contributed by atoms with Gasteiger partial charge in [-0.2, -0.15) is 0 Å². The summed E-state index contributed by atoms with van der Waals surface area (Å²) in [7, 11) is 1.49. The van der Waals surface area contributed by atoms with Crippen molar-refractivity contribution in [3.8, 4) is 0 Å². The molecule has 0 saturated heterocycles. The SMILES string of the molecule is COCC(O)CNC(=O)NC(c1ccc(F)cc1)C1CCC1. The quantitative estimate of drug-likeness (QED) is 0.721. The van der Waals surface area contributed by atoms with Gasteiger partial charge >= 0.3 is 6.03 Å². The van der Waals surface area contributed by atoms with Gasteiger partial charge in [0.05, 0.1) is 18.8 Å². The number of aliphatic hydroxyl groups is 1. The van der Waals surface area contributed by atoms with E-state index in [1.807, 2.05) is 0 Å². The second-order valence-electron chi connectivity index (χ2n) is 5.68. The number of benzene rings is 1. The average molecular weight is 310 g/mol. The number of ether oxygens (including phenoxy) is 1. The first-order valence-electron chi connectivity index (χ1n) is 7.57. The lowest BCUT2D eigenvalue weighted by Crippen LogP contribution is -2.44. The third kappa shape index (κ3) is 4.68. The Morgan fingerprint density at radius 3 is 2.64 bits per heavy atom. The molecule has 3 N–H and O–H groups in total. The molecule has 122 valence electrons. The number of nitrogens with one attached hydrogen (secondary N) is 2. The van der Waals surface area contributed by atoms with Crippen molar-refractivity contribution in [2.75, 3.05) is 20.3 Å². The molecule has 2 amide bonds. The number of carbonyl (C=O) groups excluding carboxylic acids is 1. The Bertz CT molecular complexity index is 477. The molecular formula is C16H23FN2O3. The fourth-order valence-corrected chi connectivity index (χ4v) is 2.57. The number of urea groups is 1. The second-order valence-corrected chi connectivity index (χ2v) is 5.68. The molecule has 0 aliphatic heterocycles. The molecule has 22 heavy (non-hydrogen) atoms. The lowest BCUT2D eigenvalue weighted by atomic mass is 9.77. The van der Waals surface area contributed by atoms with E-state index in [2.05, 4.69) is 10.6 Å².